The van der Waals surface area contributed by atoms with Gasteiger partial charge in [0.05, 0.1) is 43.1 Å². The Morgan fingerprint density at radius 2 is 1.46 bits per heavy atom. The van der Waals surface area contributed by atoms with Crippen molar-refractivity contribution in [3.05, 3.63) is 83.4 Å². The van der Waals surface area contributed by atoms with Crippen LogP contribution in [0.15, 0.2) is 71.6 Å². The van der Waals surface area contributed by atoms with Gasteiger partial charge in [0, 0.05) is 52.5 Å². The number of ether oxygens (including phenoxy) is 5. The molecular formula is C44H66N2O8SSi. The Labute approximate surface area is 337 Å². The van der Waals surface area contributed by atoms with Gasteiger partial charge in [-0.2, -0.15) is 4.31 Å². The molecule has 56 heavy (non-hydrogen) atoms. The summed E-state index contributed by atoms with van der Waals surface area (Å²) in [5.74, 6) is 1.36. The summed E-state index contributed by atoms with van der Waals surface area (Å²) in [6.07, 6.45) is 0.641. The maximum Gasteiger partial charge on any atom is 0.243 e. The molecule has 5 rings (SSSR count). The molecule has 3 aromatic rings. The molecule has 0 aromatic heterocycles. The van der Waals surface area contributed by atoms with Crippen LogP contribution in [-0.2, 0) is 35.3 Å². The fraction of sp³-hybridized carbons (Fsp3) is 0.591. The van der Waals surface area contributed by atoms with Gasteiger partial charge in [-0.25, -0.2) is 8.42 Å². The lowest BCUT2D eigenvalue weighted by molar-refractivity contribution is -0.0801. The number of hydrogen-bond acceptors (Lipinski definition) is 9. The molecule has 0 radical (unpaired) electrons. The zero-order chi connectivity index (χ0) is 40.5. The zero-order valence-electron chi connectivity index (χ0n) is 35.2. The topological polar surface area (TPSA) is 96.0 Å². The molecule has 0 spiro atoms. The predicted molar refractivity (Wildman–Crippen MR) is 226 cm³/mol. The van der Waals surface area contributed by atoms with E-state index in [-0.39, 0.29) is 23.9 Å². The number of piperidine rings is 1. The molecule has 2 aliphatic heterocycles. The average Bonchev–Trinajstić information content (AvgIpc) is 3.18. The monoisotopic (exact) mass is 810 g/mol. The number of hydrogen-bond donors (Lipinski definition) is 0. The van der Waals surface area contributed by atoms with Crippen LogP contribution in [0.3, 0.4) is 0 Å². The second-order valence-corrected chi connectivity index (χ2v) is 23.6. The maximum absolute atomic E-state index is 14.3. The van der Waals surface area contributed by atoms with E-state index in [0.717, 1.165) is 53.4 Å². The summed E-state index contributed by atoms with van der Waals surface area (Å²) in [6.45, 7) is 20.4. The highest BCUT2D eigenvalue weighted by Gasteiger charge is 2.46. The Balaban J connectivity index is 1.43. The molecule has 12 heteroatoms. The SMILES string of the molecule is COCCCN1CCOc2ccc(CO[C@H]3CN(S(=O)(=O)c4ccc(C)cc4)C[C@@H](OCCCO[Si](C(C)C)(C(C)C)C(C)C)[C@@H]3c3ccc(OC)cc3)cc21. The molecule has 3 atom stereocenters. The number of nitrogens with zero attached hydrogens (tertiary/aromatic N) is 2. The molecule has 0 amide bonds. The van der Waals surface area contributed by atoms with E-state index in [1.807, 2.05) is 55.5 Å². The molecule has 2 heterocycles. The lowest BCUT2D eigenvalue weighted by Gasteiger charge is -2.43. The summed E-state index contributed by atoms with van der Waals surface area (Å²) < 4.78 is 67.5. The van der Waals surface area contributed by atoms with Crippen molar-refractivity contribution in [1.82, 2.24) is 4.31 Å². The van der Waals surface area contributed by atoms with Gasteiger partial charge in [-0.05, 0) is 83.9 Å². The van der Waals surface area contributed by atoms with Gasteiger partial charge in [0.25, 0.3) is 0 Å². The largest absolute Gasteiger partial charge is 0.497 e. The van der Waals surface area contributed by atoms with E-state index in [4.69, 9.17) is 28.1 Å². The van der Waals surface area contributed by atoms with Crippen LogP contribution in [0.5, 0.6) is 11.5 Å². The van der Waals surface area contributed by atoms with Gasteiger partial charge in [-0.3, -0.25) is 0 Å². The van der Waals surface area contributed by atoms with E-state index >= 15 is 0 Å². The quantitative estimate of drug-likeness (QED) is 0.0822. The van der Waals surface area contributed by atoms with Crippen molar-refractivity contribution in [1.29, 1.82) is 0 Å². The Hall–Kier alpha value is -2.97. The number of rotatable bonds is 20. The van der Waals surface area contributed by atoms with Crippen molar-refractivity contribution < 1.29 is 36.5 Å². The van der Waals surface area contributed by atoms with Gasteiger partial charge in [0.1, 0.15) is 18.1 Å². The lowest BCUT2D eigenvalue weighted by atomic mass is 9.85. The summed E-state index contributed by atoms with van der Waals surface area (Å²) in [7, 11) is -2.52. The zero-order valence-corrected chi connectivity index (χ0v) is 37.0. The molecule has 0 bridgehead atoms. The van der Waals surface area contributed by atoms with Gasteiger partial charge in [-0.15, -0.1) is 0 Å². The van der Waals surface area contributed by atoms with E-state index in [9.17, 15) is 8.42 Å². The molecular weight excluding hydrogens is 745 g/mol. The molecule has 0 aliphatic carbocycles. The maximum atomic E-state index is 14.3. The highest BCUT2D eigenvalue weighted by Crippen LogP contribution is 2.43. The van der Waals surface area contributed by atoms with Crippen LogP contribution in [0.1, 0.15) is 77.0 Å². The number of methoxy groups -OCH3 is 2. The Kier molecular flexibility index (Phi) is 15.9. The van der Waals surface area contributed by atoms with Crippen LogP contribution >= 0.6 is 0 Å². The Morgan fingerprint density at radius 1 is 0.804 bits per heavy atom. The molecule has 0 unspecified atom stereocenters. The first-order chi connectivity index (χ1) is 26.8. The lowest BCUT2D eigenvalue weighted by Crippen LogP contribution is -2.54. The molecule has 3 aromatic carbocycles. The van der Waals surface area contributed by atoms with Crippen LogP contribution in [0, 0.1) is 6.92 Å². The van der Waals surface area contributed by atoms with E-state index in [1.54, 1.807) is 30.7 Å². The van der Waals surface area contributed by atoms with Crippen molar-refractivity contribution in [2.45, 2.75) is 108 Å². The van der Waals surface area contributed by atoms with Crippen molar-refractivity contribution >= 4 is 24.0 Å². The number of aryl methyl sites for hydroxylation is 1. The number of fused-ring (bicyclic) bond motifs is 1. The van der Waals surface area contributed by atoms with Gasteiger partial charge < -0.3 is 33.0 Å². The van der Waals surface area contributed by atoms with Crippen molar-refractivity contribution in [3.63, 3.8) is 0 Å². The third kappa shape index (κ3) is 10.4. The summed E-state index contributed by atoms with van der Waals surface area (Å²) in [4.78, 5) is 2.60. The molecule has 10 nitrogen and oxygen atoms in total. The van der Waals surface area contributed by atoms with Gasteiger partial charge in [0.2, 0.25) is 10.0 Å². The van der Waals surface area contributed by atoms with Gasteiger partial charge in [-0.1, -0.05) is 77.4 Å². The third-order valence-corrected chi connectivity index (χ3v) is 19.6. The molecule has 1 saturated heterocycles. The second-order valence-electron chi connectivity index (χ2n) is 16.2. The Bertz CT molecular complexity index is 1750. The second kappa shape index (κ2) is 20.1. The fourth-order valence-electron chi connectivity index (χ4n) is 8.85. The fourth-order valence-corrected chi connectivity index (χ4v) is 15.8. The minimum Gasteiger partial charge on any atom is -0.497 e. The number of benzene rings is 3. The first-order valence-corrected chi connectivity index (χ1v) is 24.0. The van der Waals surface area contributed by atoms with Gasteiger partial charge in [0.15, 0.2) is 8.32 Å². The van der Waals surface area contributed by atoms with Crippen LogP contribution in [0.4, 0.5) is 5.69 Å². The summed E-state index contributed by atoms with van der Waals surface area (Å²) in [5.41, 5.74) is 5.50. The average molecular weight is 811 g/mol. The smallest absolute Gasteiger partial charge is 0.243 e. The number of anilines is 1. The van der Waals surface area contributed by atoms with Gasteiger partial charge >= 0.3 is 0 Å². The highest BCUT2D eigenvalue weighted by molar-refractivity contribution is 7.89. The predicted octanol–water partition coefficient (Wildman–Crippen LogP) is 8.58. The van der Waals surface area contributed by atoms with Crippen LogP contribution < -0.4 is 14.4 Å². The summed E-state index contributed by atoms with van der Waals surface area (Å²) >= 11 is 0. The summed E-state index contributed by atoms with van der Waals surface area (Å²) in [5, 5.41) is 0. The van der Waals surface area contributed by atoms with Crippen LogP contribution in [0.2, 0.25) is 16.6 Å². The third-order valence-electron chi connectivity index (χ3n) is 11.6. The minimum absolute atomic E-state index is 0.179. The normalized spacial score (nSPS) is 19.4. The van der Waals surface area contributed by atoms with E-state index in [1.165, 1.54) is 0 Å². The van der Waals surface area contributed by atoms with Crippen molar-refractivity contribution in [2.75, 3.05) is 71.7 Å². The van der Waals surface area contributed by atoms with Crippen molar-refractivity contribution in [3.8, 4) is 11.5 Å². The van der Waals surface area contributed by atoms with E-state index in [2.05, 4.69) is 52.5 Å². The van der Waals surface area contributed by atoms with Crippen LogP contribution in [-0.4, -0.2) is 100 Å². The minimum atomic E-state index is -3.86. The van der Waals surface area contributed by atoms with E-state index in [0.29, 0.717) is 56.1 Å². The van der Waals surface area contributed by atoms with Crippen LogP contribution in [0.25, 0.3) is 0 Å². The molecule has 0 saturated carbocycles. The summed E-state index contributed by atoms with van der Waals surface area (Å²) in [6, 6.07) is 21.2. The first kappa shape index (κ1) is 44.1. The standard InChI is InChI=1S/C44H66N2O8SSi/c1-32(2)56(33(3)4,34(5)6)54-26-11-25-51-42-29-46(55(47,48)39-19-12-35(7)13-20-39)30-43(44(42)37-15-17-38(50-9)18-16-37)53-31-36-14-21-41-40(28-36)45(23-27-52-41)22-10-24-49-8/h12-21,28,32-34,42-44H,10-11,22-27,29-31H2,1-9H3/t42-,43+,44+/m1/s1. The number of sulfonamides is 1. The Morgan fingerprint density at radius 3 is 2.09 bits per heavy atom. The molecule has 1 fully saturated rings. The highest BCUT2D eigenvalue weighted by atomic mass is 32.2. The molecule has 0 N–H and O–H groups in total. The molecule has 310 valence electrons. The first-order valence-electron chi connectivity index (χ1n) is 20.4. The van der Waals surface area contributed by atoms with Crippen molar-refractivity contribution in [2.24, 2.45) is 0 Å². The van der Waals surface area contributed by atoms with E-state index < -0.39 is 30.5 Å². The molecule has 2 aliphatic rings.